The van der Waals surface area contributed by atoms with Gasteiger partial charge in [0.15, 0.2) is 0 Å². The van der Waals surface area contributed by atoms with Gasteiger partial charge in [0, 0.05) is 31.4 Å². The molecule has 0 fully saturated rings. The molecule has 0 saturated heterocycles. The highest BCUT2D eigenvalue weighted by atomic mass is 32.2. The molecule has 0 aliphatic heterocycles. The van der Waals surface area contributed by atoms with Gasteiger partial charge < -0.3 is 4.74 Å². The largest absolute Gasteiger partial charge is 0.469 e. The molecule has 0 amide bonds. The summed E-state index contributed by atoms with van der Waals surface area (Å²) in [5.41, 5.74) is -1.69. The van der Waals surface area contributed by atoms with Gasteiger partial charge in [-0.3, -0.25) is 9.00 Å². The van der Waals surface area contributed by atoms with Gasteiger partial charge in [-0.25, -0.2) is 0 Å². The fourth-order valence-corrected chi connectivity index (χ4v) is 2.95. The quantitative estimate of drug-likeness (QED) is 0.246. The normalized spacial score (nSPS) is 14.6. The number of unbranched alkanes of at least 4 members (excludes halogenated alkanes) is 7. The van der Waals surface area contributed by atoms with Crippen LogP contribution in [0.5, 0.6) is 0 Å². The minimum atomic E-state index is -1.69. The monoisotopic (exact) mass is 332 g/mol. The van der Waals surface area contributed by atoms with Gasteiger partial charge in [0.1, 0.15) is 0 Å². The van der Waals surface area contributed by atoms with Crippen LogP contribution >= 0.6 is 0 Å². The molecular weight excluding hydrogens is 296 g/mol. The number of esters is 1. The van der Waals surface area contributed by atoms with E-state index in [2.05, 4.69) is 11.7 Å². The summed E-state index contributed by atoms with van der Waals surface area (Å²) in [5.74, 6) is 0.0105. The number of carbonyl (C=O) groups excluding carboxylic acids is 1. The Labute approximate surface area is 142 Å². The lowest BCUT2D eigenvalue weighted by Gasteiger charge is -2.01. The van der Waals surface area contributed by atoms with E-state index < -0.39 is 16.5 Å². The minimum absolute atomic E-state index is 0.187. The number of methoxy groups -OCH3 is 1. The van der Waals surface area contributed by atoms with Crippen molar-refractivity contribution in [2.75, 3.05) is 18.6 Å². The standard InChI is InChI=1S/C18H34O3S/c1-3-4-5-6-7-8-9-10-11-13-16-22(20)17-14-12-15-18(19)21-2/h10-11H,3-9,12-17H2,1-2H3/b11-10-/t22-/m1/s1/i16D2. The molecule has 0 radical (unpaired) electrons. The van der Waals surface area contributed by atoms with Crippen LogP contribution < -0.4 is 0 Å². The average Bonchev–Trinajstić information content (AvgIpc) is 2.56. The topological polar surface area (TPSA) is 43.4 Å². The number of rotatable bonds is 15. The molecule has 0 bridgehead atoms. The van der Waals surface area contributed by atoms with Gasteiger partial charge in [0.05, 0.1) is 7.11 Å². The SMILES string of the molecule is [2H]C([2H])(C/C=C\CCCCCCCC)[S@@](=O)CCCCC(=O)OC. The van der Waals surface area contributed by atoms with Crippen molar-refractivity contribution in [1.29, 1.82) is 0 Å². The average molecular weight is 333 g/mol. The van der Waals surface area contributed by atoms with E-state index in [4.69, 9.17) is 2.74 Å². The maximum Gasteiger partial charge on any atom is 0.305 e. The van der Waals surface area contributed by atoms with Crippen molar-refractivity contribution < 1.29 is 16.5 Å². The third kappa shape index (κ3) is 15.7. The summed E-state index contributed by atoms with van der Waals surface area (Å²) in [7, 11) is -0.186. The van der Waals surface area contributed by atoms with Crippen molar-refractivity contribution >= 4 is 16.8 Å². The van der Waals surface area contributed by atoms with Crippen molar-refractivity contribution in [3.05, 3.63) is 12.2 Å². The summed E-state index contributed by atoms with van der Waals surface area (Å²) in [5, 5.41) is 0. The number of hydrogen-bond acceptors (Lipinski definition) is 3. The van der Waals surface area contributed by atoms with Gasteiger partial charge in [-0.2, -0.15) is 0 Å². The van der Waals surface area contributed by atoms with Crippen molar-refractivity contribution in [1.82, 2.24) is 0 Å². The second-order valence-electron chi connectivity index (χ2n) is 5.46. The smallest absolute Gasteiger partial charge is 0.305 e. The number of hydrogen-bond donors (Lipinski definition) is 0. The van der Waals surface area contributed by atoms with Gasteiger partial charge in [0.25, 0.3) is 0 Å². The Balaban J connectivity index is 3.79. The highest BCUT2D eigenvalue weighted by molar-refractivity contribution is 7.84. The molecule has 1 atom stereocenters. The number of carbonyl (C=O) groups is 1. The lowest BCUT2D eigenvalue weighted by molar-refractivity contribution is -0.140. The van der Waals surface area contributed by atoms with Crippen LogP contribution in [-0.2, 0) is 20.3 Å². The van der Waals surface area contributed by atoms with Gasteiger partial charge in [-0.15, -0.1) is 0 Å². The van der Waals surface area contributed by atoms with Crippen molar-refractivity contribution in [2.24, 2.45) is 0 Å². The third-order valence-corrected chi connectivity index (χ3v) is 4.59. The molecule has 0 spiro atoms. The second-order valence-corrected chi connectivity index (χ2v) is 6.85. The van der Waals surface area contributed by atoms with E-state index in [1.807, 2.05) is 12.2 Å². The first kappa shape index (κ1) is 17.7. The van der Waals surface area contributed by atoms with Crippen LogP contribution in [0.1, 0.15) is 80.3 Å². The van der Waals surface area contributed by atoms with Gasteiger partial charge in [-0.05, 0) is 32.1 Å². The van der Waals surface area contributed by atoms with E-state index >= 15 is 0 Å². The molecule has 0 aromatic carbocycles. The van der Waals surface area contributed by atoms with E-state index in [-0.39, 0.29) is 18.1 Å². The molecular formula is C18H34O3S. The molecule has 0 aromatic heterocycles. The Morgan fingerprint density at radius 1 is 1.05 bits per heavy atom. The van der Waals surface area contributed by atoms with E-state index in [1.54, 1.807) is 0 Å². The summed E-state index contributed by atoms with van der Waals surface area (Å²) < 4.78 is 32.4. The van der Waals surface area contributed by atoms with E-state index in [0.717, 1.165) is 12.8 Å². The summed E-state index contributed by atoms with van der Waals surface area (Å²) in [6.45, 7) is 2.21. The van der Waals surface area contributed by atoms with E-state index in [0.29, 0.717) is 19.3 Å². The summed E-state index contributed by atoms with van der Waals surface area (Å²) in [6, 6.07) is 0. The Morgan fingerprint density at radius 3 is 2.45 bits per heavy atom. The Hall–Kier alpha value is -0.640. The van der Waals surface area contributed by atoms with Gasteiger partial charge >= 0.3 is 5.97 Å². The summed E-state index contributed by atoms with van der Waals surface area (Å²) in [4.78, 5) is 11.0. The lowest BCUT2D eigenvalue weighted by atomic mass is 10.1. The first-order valence-corrected chi connectivity index (χ1v) is 9.86. The molecule has 0 aromatic rings. The zero-order valence-corrected chi connectivity index (χ0v) is 15.1. The second kappa shape index (κ2) is 16.7. The van der Waals surface area contributed by atoms with Gasteiger partial charge in [-0.1, -0.05) is 51.2 Å². The zero-order chi connectivity index (χ0) is 18.3. The van der Waals surface area contributed by atoms with Crippen LogP contribution in [0.15, 0.2) is 12.2 Å². The zero-order valence-electron chi connectivity index (χ0n) is 16.3. The van der Waals surface area contributed by atoms with Crippen LogP contribution in [0.4, 0.5) is 0 Å². The van der Waals surface area contributed by atoms with E-state index in [1.165, 1.54) is 39.2 Å². The predicted octanol–water partition coefficient (Wildman–Crippen LogP) is 4.78. The molecule has 130 valence electrons. The van der Waals surface area contributed by atoms with Crippen LogP contribution in [-0.4, -0.2) is 28.7 Å². The molecule has 0 aliphatic carbocycles. The minimum Gasteiger partial charge on any atom is -0.469 e. The van der Waals surface area contributed by atoms with Crippen LogP contribution in [0, 0.1) is 0 Å². The van der Waals surface area contributed by atoms with E-state index in [9.17, 15) is 9.00 Å². The maximum absolute atomic E-state index is 12.0. The Bertz CT molecular complexity index is 384. The fourth-order valence-electron chi connectivity index (χ4n) is 2.06. The Kier molecular flexibility index (Phi) is 13.5. The fraction of sp³-hybridized carbons (Fsp3) is 0.833. The maximum atomic E-state index is 12.0. The molecule has 0 unspecified atom stereocenters. The molecule has 0 rings (SSSR count). The molecule has 0 saturated carbocycles. The first-order chi connectivity index (χ1) is 11.4. The predicted molar refractivity (Wildman–Crippen MR) is 95.5 cm³/mol. The number of allylic oxidation sites excluding steroid dienone is 2. The molecule has 4 heteroatoms. The Morgan fingerprint density at radius 2 is 1.73 bits per heavy atom. The van der Waals surface area contributed by atoms with Crippen LogP contribution in [0.3, 0.4) is 0 Å². The van der Waals surface area contributed by atoms with Crippen LogP contribution in [0.25, 0.3) is 0 Å². The van der Waals surface area contributed by atoms with Gasteiger partial charge in [0.2, 0.25) is 0 Å². The number of ether oxygens (including phenoxy) is 1. The summed E-state index contributed by atoms with van der Waals surface area (Å²) >= 11 is 0. The van der Waals surface area contributed by atoms with Crippen molar-refractivity contribution in [3.8, 4) is 0 Å². The van der Waals surface area contributed by atoms with Crippen LogP contribution in [0.2, 0.25) is 0 Å². The lowest BCUT2D eigenvalue weighted by Crippen LogP contribution is -2.04. The summed E-state index contributed by atoms with van der Waals surface area (Å²) in [6.07, 6.45) is 13.9. The molecule has 0 N–H and O–H groups in total. The highest BCUT2D eigenvalue weighted by Crippen LogP contribution is 2.07. The third-order valence-electron chi connectivity index (χ3n) is 3.44. The molecule has 3 nitrogen and oxygen atoms in total. The van der Waals surface area contributed by atoms with Crippen molar-refractivity contribution in [3.63, 3.8) is 0 Å². The highest BCUT2D eigenvalue weighted by Gasteiger charge is 2.02. The molecule has 22 heavy (non-hydrogen) atoms. The first-order valence-electron chi connectivity index (χ1n) is 9.54. The van der Waals surface area contributed by atoms with Crippen molar-refractivity contribution in [2.45, 2.75) is 77.6 Å². The molecule has 0 heterocycles. The molecule has 0 aliphatic rings.